The zero-order valence-electron chi connectivity index (χ0n) is 11.9. The van der Waals surface area contributed by atoms with E-state index < -0.39 is 17.5 Å². The quantitative estimate of drug-likeness (QED) is 0.391. The van der Waals surface area contributed by atoms with E-state index in [0.717, 1.165) is 15.2 Å². The van der Waals surface area contributed by atoms with Crippen LogP contribution in [0.3, 0.4) is 0 Å². The summed E-state index contributed by atoms with van der Waals surface area (Å²) in [5.74, 6) is 5.52. The Balaban J connectivity index is 1.97. The van der Waals surface area contributed by atoms with Crippen LogP contribution in [-0.4, -0.2) is 20.5 Å². The van der Waals surface area contributed by atoms with Gasteiger partial charge in [-0.3, -0.25) is 5.10 Å². The molecule has 0 aliphatic carbocycles. The highest BCUT2D eigenvalue weighted by Gasteiger charge is 2.33. The fourth-order valence-corrected chi connectivity index (χ4v) is 2.67. The summed E-state index contributed by atoms with van der Waals surface area (Å²) in [4.78, 5) is 0. The number of hydrogen-bond donors (Lipinski definition) is 3. The van der Waals surface area contributed by atoms with Gasteiger partial charge in [-0.1, -0.05) is 11.8 Å². The summed E-state index contributed by atoms with van der Waals surface area (Å²) in [5.41, 5.74) is 0.313. The number of hydrogen-bond acceptors (Lipinski definition) is 2. The summed E-state index contributed by atoms with van der Waals surface area (Å²) in [7, 11) is 0. The highest BCUT2D eigenvalue weighted by molar-refractivity contribution is 14.1. The number of phenolic OH excluding ortho intramolecular Hbond substituents is 1. The third-order valence-corrected chi connectivity index (χ3v) is 4.12. The van der Waals surface area contributed by atoms with Crippen LogP contribution in [-0.2, 0) is 6.18 Å². The number of nitrogens with zero attached hydrogens (tertiary/aromatic N) is 1. The van der Waals surface area contributed by atoms with E-state index in [4.69, 9.17) is 0 Å². The van der Waals surface area contributed by atoms with Gasteiger partial charge in [0.15, 0.2) is 5.82 Å². The molecule has 3 N–H and O–H groups in total. The van der Waals surface area contributed by atoms with E-state index in [2.05, 4.69) is 49.8 Å². The Morgan fingerprint density at radius 3 is 2.29 bits per heavy atom. The van der Waals surface area contributed by atoms with Crippen LogP contribution < -0.4 is 0 Å². The monoisotopic (exact) mass is 443 g/mol. The molecule has 0 aliphatic heterocycles. The van der Waals surface area contributed by atoms with E-state index in [1.807, 2.05) is 6.07 Å². The fraction of sp³-hybridized carbons (Fsp3) is 0.0625. The molecule has 0 saturated heterocycles. The van der Waals surface area contributed by atoms with Crippen LogP contribution in [0.15, 0.2) is 36.4 Å². The normalized spacial score (nSPS) is 11.2. The molecule has 0 aliphatic rings. The van der Waals surface area contributed by atoms with E-state index in [-0.39, 0.29) is 5.56 Å². The first-order valence-electron chi connectivity index (χ1n) is 6.65. The van der Waals surface area contributed by atoms with Crippen LogP contribution in [0.25, 0.3) is 11.4 Å². The minimum absolute atomic E-state index is 0.186. The molecule has 1 aromatic heterocycles. The minimum Gasteiger partial charge on any atom is -0.508 e. The van der Waals surface area contributed by atoms with Crippen molar-refractivity contribution in [1.82, 2.24) is 15.4 Å². The third-order valence-electron chi connectivity index (χ3n) is 3.22. The number of benzene rings is 2. The van der Waals surface area contributed by atoms with Gasteiger partial charge in [0.25, 0.3) is 0 Å². The SMILES string of the molecule is Oc1ccc(C#Cc2ccc(-c3n[nH][nH]3)cc2I)c(C(F)(F)F)c1. The smallest absolute Gasteiger partial charge is 0.417 e. The predicted octanol–water partition coefficient (Wildman–Crippen LogP) is 4.13. The van der Waals surface area contributed by atoms with Gasteiger partial charge in [0.05, 0.1) is 5.56 Å². The topological polar surface area (TPSA) is 64.7 Å². The number of aromatic hydroxyl groups is 1. The Kier molecular flexibility index (Phi) is 4.28. The van der Waals surface area contributed by atoms with Crippen molar-refractivity contribution in [3.05, 3.63) is 56.7 Å². The molecule has 0 bridgehead atoms. The van der Waals surface area contributed by atoms with Crippen molar-refractivity contribution in [1.29, 1.82) is 0 Å². The highest BCUT2D eigenvalue weighted by atomic mass is 127. The van der Waals surface area contributed by atoms with Crippen LogP contribution in [0.4, 0.5) is 13.2 Å². The molecule has 0 fully saturated rings. The van der Waals surface area contributed by atoms with Gasteiger partial charge in [-0.05, 0) is 59.0 Å². The summed E-state index contributed by atoms with van der Waals surface area (Å²) in [6, 6.07) is 8.34. The van der Waals surface area contributed by atoms with Crippen molar-refractivity contribution in [3.8, 4) is 29.0 Å². The second-order valence-corrected chi connectivity index (χ2v) is 6.03. The van der Waals surface area contributed by atoms with Crippen LogP contribution in [0.2, 0.25) is 0 Å². The van der Waals surface area contributed by atoms with E-state index >= 15 is 0 Å². The second-order valence-electron chi connectivity index (χ2n) is 4.87. The van der Waals surface area contributed by atoms with Crippen LogP contribution in [0, 0.1) is 15.4 Å². The lowest BCUT2D eigenvalue weighted by atomic mass is 10.1. The van der Waals surface area contributed by atoms with Crippen molar-refractivity contribution in [2.75, 3.05) is 0 Å². The van der Waals surface area contributed by atoms with Gasteiger partial charge in [0.1, 0.15) is 5.75 Å². The molecule has 0 unspecified atom stereocenters. The Morgan fingerprint density at radius 2 is 1.71 bits per heavy atom. The van der Waals surface area contributed by atoms with Gasteiger partial charge >= 0.3 is 6.18 Å². The highest BCUT2D eigenvalue weighted by Crippen LogP contribution is 2.33. The number of aromatic nitrogens is 3. The molecule has 8 heteroatoms. The average molecular weight is 443 g/mol. The van der Waals surface area contributed by atoms with Crippen molar-refractivity contribution < 1.29 is 18.3 Å². The molecule has 122 valence electrons. The molecule has 3 rings (SSSR count). The summed E-state index contributed by atoms with van der Waals surface area (Å²) in [5, 5.41) is 18.5. The lowest BCUT2D eigenvalue weighted by Crippen LogP contribution is -2.07. The standard InChI is InChI=1S/C16H9F3IN3O/c17-16(18,19)13-8-12(24)6-5-9(13)1-2-10-3-4-11(7-14(10)20)15-21-23-22-15/h3-8,23-24H,(H,21,22). The van der Waals surface area contributed by atoms with Gasteiger partial charge in [-0.15, -0.1) is 5.10 Å². The Morgan fingerprint density at radius 1 is 1.04 bits per heavy atom. The minimum atomic E-state index is -4.58. The molecule has 24 heavy (non-hydrogen) atoms. The van der Waals surface area contributed by atoms with Gasteiger partial charge in [0, 0.05) is 20.3 Å². The number of phenols is 1. The molecule has 0 spiro atoms. The molecule has 3 aromatic rings. The average Bonchev–Trinajstić information content (AvgIpc) is 2.44. The van der Waals surface area contributed by atoms with Crippen molar-refractivity contribution >= 4 is 22.6 Å². The summed E-state index contributed by atoms with van der Waals surface area (Å²) in [6.45, 7) is 0. The molecule has 4 nitrogen and oxygen atoms in total. The van der Waals surface area contributed by atoms with E-state index in [0.29, 0.717) is 17.5 Å². The lowest BCUT2D eigenvalue weighted by Gasteiger charge is -2.09. The Bertz CT molecular complexity index is 938. The number of aromatic amines is 2. The van der Waals surface area contributed by atoms with Gasteiger partial charge in [-0.25, -0.2) is 5.21 Å². The number of rotatable bonds is 1. The van der Waals surface area contributed by atoms with Crippen LogP contribution in [0.1, 0.15) is 16.7 Å². The van der Waals surface area contributed by atoms with Crippen LogP contribution in [0.5, 0.6) is 5.75 Å². The summed E-state index contributed by atoms with van der Waals surface area (Å²) >= 11 is 2.06. The molecule has 2 aromatic carbocycles. The molecular formula is C16H9F3IN3O. The molecule has 0 saturated carbocycles. The fourth-order valence-electron chi connectivity index (χ4n) is 2.02. The van der Waals surface area contributed by atoms with Gasteiger partial charge in [0.2, 0.25) is 0 Å². The summed E-state index contributed by atoms with van der Waals surface area (Å²) in [6.07, 6.45) is -4.58. The van der Waals surface area contributed by atoms with Crippen LogP contribution >= 0.6 is 22.6 Å². The van der Waals surface area contributed by atoms with E-state index in [1.165, 1.54) is 6.07 Å². The first-order chi connectivity index (χ1) is 11.3. The summed E-state index contributed by atoms with van der Waals surface area (Å²) < 4.78 is 39.8. The van der Waals surface area contributed by atoms with Gasteiger partial charge < -0.3 is 5.11 Å². The van der Waals surface area contributed by atoms with Crippen molar-refractivity contribution in [3.63, 3.8) is 0 Å². The van der Waals surface area contributed by atoms with Crippen molar-refractivity contribution in [2.24, 2.45) is 0 Å². The first kappa shape index (κ1) is 16.4. The molecule has 1 heterocycles. The van der Waals surface area contributed by atoms with Crippen molar-refractivity contribution in [2.45, 2.75) is 6.18 Å². The van der Waals surface area contributed by atoms with E-state index in [1.54, 1.807) is 12.1 Å². The maximum absolute atomic E-state index is 13.0. The maximum atomic E-state index is 13.0. The maximum Gasteiger partial charge on any atom is 0.417 e. The number of H-pyrrole nitrogens is 2. The van der Waals surface area contributed by atoms with E-state index in [9.17, 15) is 18.3 Å². The Hall–Kier alpha value is -2.41. The zero-order chi connectivity index (χ0) is 17.3. The largest absolute Gasteiger partial charge is 0.508 e. The predicted molar refractivity (Wildman–Crippen MR) is 90.2 cm³/mol. The first-order valence-corrected chi connectivity index (χ1v) is 7.73. The lowest BCUT2D eigenvalue weighted by molar-refractivity contribution is -0.137. The number of alkyl halides is 3. The third kappa shape index (κ3) is 3.41. The molecule has 0 radical (unpaired) electrons. The molecule has 0 atom stereocenters. The molecular weight excluding hydrogens is 434 g/mol. The molecule has 0 amide bonds. The van der Waals surface area contributed by atoms with Gasteiger partial charge in [-0.2, -0.15) is 13.2 Å². The second kappa shape index (κ2) is 6.24. The Labute approximate surface area is 148 Å². The zero-order valence-corrected chi connectivity index (χ0v) is 14.0. The number of halogens is 4. The number of nitrogens with one attached hydrogen (secondary N) is 2.